The van der Waals surface area contributed by atoms with Crippen molar-refractivity contribution in [3.8, 4) is 0 Å². The van der Waals surface area contributed by atoms with Crippen molar-refractivity contribution < 1.29 is 22.0 Å². The fourth-order valence-corrected chi connectivity index (χ4v) is 5.97. The molecule has 1 atom stereocenters. The van der Waals surface area contributed by atoms with Crippen LogP contribution in [0.3, 0.4) is 0 Å². The molecule has 0 unspecified atom stereocenters. The van der Waals surface area contributed by atoms with Crippen molar-refractivity contribution in [3.05, 3.63) is 53.6 Å². The first-order valence-corrected chi connectivity index (χ1v) is 11.7. The first-order valence-electron chi connectivity index (χ1n) is 9.41. The Bertz CT molecular complexity index is 1210. The maximum atomic E-state index is 13.8. The van der Waals surface area contributed by atoms with Crippen molar-refractivity contribution >= 4 is 42.6 Å². The minimum Gasteiger partial charge on any atom is -0.298 e. The van der Waals surface area contributed by atoms with Crippen LogP contribution in [-0.4, -0.2) is 36.7 Å². The number of nitrogens with one attached hydrogen (secondary N) is 1. The van der Waals surface area contributed by atoms with Gasteiger partial charge in [0, 0.05) is 24.7 Å². The molecule has 10 heteroatoms. The van der Waals surface area contributed by atoms with Gasteiger partial charge in [-0.2, -0.15) is 4.31 Å². The summed E-state index contributed by atoms with van der Waals surface area (Å²) in [5.74, 6) is -1.74. The molecule has 1 aromatic heterocycles. The van der Waals surface area contributed by atoms with Crippen LogP contribution in [0.5, 0.6) is 0 Å². The van der Waals surface area contributed by atoms with Crippen molar-refractivity contribution in [1.29, 1.82) is 0 Å². The first kappa shape index (κ1) is 20.8. The molecular formula is C20H19F2N3O3S2. The standard InChI is InChI=1S/C20H19F2N3O3S2/c1-12-3-2-8-25(11-12)30(27,28)15-6-4-13(5-7-15)19(26)24-20-23-18-16(22)9-14(21)10-17(18)29-20/h4-7,9-10,12H,2-3,8,11H2,1H3,(H,23,24,26)/t12-/m0/s1. The zero-order chi connectivity index (χ0) is 21.5. The highest BCUT2D eigenvalue weighted by atomic mass is 32.2. The molecule has 0 spiro atoms. The minimum absolute atomic E-state index is 0.0195. The predicted molar refractivity (Wildman–Crippen MR) is 111 cm³/mol. The molecule has 0 bridgehead atoms. The van der Waals surface area contributed by atoms with E-state index in [1.165, 1.54) is 28.6 Å². The van der Waals surface area contributed by atoms with E-state index in [2.05, 4.69) is 10.3 Å². The van der Waals surface area contributed by atoms with Crippen LogP contribution >= 0.6 is 11.3 Å². The summed E-state index contributed by atoms with van der Waals surface area (Å²) in [6, 6.07) is 7.52. The Morgan fingerprint density at radius 1 is 1.23 bits per heavy atom. The van der Waals surface area contributed by atoms with E-state index in [1.807, 2.05) is 6.92 Å². The van der Waals surface area contributed by atoms with E-state index < -0.39 is 27.6 Å². The Morgan fingerprint density at radius 3 is 2.67 bits per heavy atom. The Morgan fingerprint density at radius 2 is 1.97 bits per heavy atom. The quantitative estimate of drug-likeness (QED) is 0.643. The van der Waals surface area contributed by atoms with Crippen LogP contribution in [-0.2, 0) is 10.0 Å². The minimum atomic E-state index is -3.61. The molecular weight excluding hydrogens is 432 g/mol. The summed E-state index contributed by atoms with van der Waals surface area (Å²) in [4.78, 5) is 16.6. The maximum Gasteiger partial charge on any atom is 0.257 e. The van der Waals surface area contributed by atoms with Gasteiger partial charge in [0.25, 0.3) is 5.91 Å². The Balaban J connectivity index is 1.51. The number of amides is 1. The number of sulfonamides is 1. The molecule has 0 radical (unpaired) electrons. The fourth-order valence-electron chi connectivity index (χ4n) is 3.47. The molecule has 6 nitrogen and oxygen atoms in total. The molecule has 30 heavy (non-hydrogen) atoms. The molecule has 0 aliphatic carbocycles. The van der Waals surface area contributed by atoms with Gasteiger partial charge in [-0.3, -0.25) is 10.1 Å². The van der Waals surface area contributed by atoms with Crippen LogP contribution in [0.15, 0.2) is 41.3 Å². The number of hydrogen-bond donors (Lipinski definition) is 1. The lowest BCUT2D eigenvalue weighted by Crippen LogP contribution is -2.39. The number of rotatable bonds is 4. The Labute approximate surface area is 176 Å². The maximum absolute atomic E-state index is 13.8. The van der Waals surface area contributed by atoms with Crippen LogP contribution in [0, 0.1) is 17.6 Å². The monoisotopic (exact) mass is 451 g/mol. The number of halogens is 2. The van der Waals surface area contributed by atoms with Crippen LogP contribution in [0.2, 0.25) is 0 Å². The van der Waals surface area contributed by atoms with E-state index in [0.29, 0.717) is 19.0 Å². The van der Waals surface area contributed by atoms with Crippen molar-refractivity contribution in [2.24, 2.45) is 5.92 Å². The van der Waals surface area contributed by atoms with Gasteiger partial charge in [-0.05, 0) is 49.1 Å². The molecule has 1 fully saturated rings. The smallest absolute Gasteiger partial charge is 0.257 e. The summed E-state index contributed by atoms with van der Waals surface area (Å²) < 4.78 is 54.5. The number of benzene rings is 2. The highest BCUT2D eigenvalue weighted by Crippen LogP contribution is 2.29. The van der Waals surface area contributed by atoms with Crippen molar-refractivity contribution in [2.45, 2.75) is 24.7 Å². The van der Waals surface area contributed by atoms with Crippen LogP contribution in [0.4, 0.5) is 13.9 Å². The molecule has 1 aliphatic rings. The number of carbonyl (C=O) groups is 1. The van der Waals surface area contributed by atoms with Crippen molar-refractivity contribution in [2.75, 3.05) is 18.4 Å². The number of anilines is 1. The second-order valence-electron chi connectivity index (χ2n) is 7.34. The summed E-state index contributed by atoms with van der Waals surface area (Å²) in [7, 11) is -3.61. The second kappa shape index (κ2) is 8.01. The topological polar surface area (TPSA) is 79.4 Å². The van der Waals surface area contributed by atoms with Crippen LogP contribution in [0.1, 0.15) is 30.1 Å². The lowest BCUT2D eigenvalue weighted by molar-refractivity contribution is 0.102. The number of piperidine rings is 1. The molecule has 1 amide bonds. The molecule has 2 heterocycles. The third kappa shape index (κ3) is 4.07. The van der Waals surface area contributed by atoms with Gasteiger partial charge in [0.15, 0.2) is 10.9 Å². The summed E-state index contributed by atoms with van der Waals surface area (Å²) >= 11 is 0.949. The van der Waals surface area contributed by atoms with Crippen molar-refractivity contribution in [3.63, 3.8) is 0 Å². The number of thiazole rings is 1. The molecule has 1 saturated heterocycles. The number of fused-ring (bicyclic) bond motifs is 1. The van der Waals surface area contributed by atoms with E-state index in [9.17, 15) is 22.0 Å². The van der Waals surface area contributed by atoms with Crippen molar-refractivity contribution in [1.82, 2.24) is 9.29 Å². The van der Waals surface area contributed by atoms with E-state index >= 15 is 0 Å². The van der Waals surface area contributed by atoms with Gasteiger partial charge in [0.1, 0.15) is 11.3 Å². The highest BCUT2D eigenvalue weighted by molar-refractivity contribution is 7.89. The lowest BCUT2D eigenvalue weighted by Gasteiger charge is -2.30. The highest BCUT2D eigenvalue weighted by Gasteiger charge is 2.28. The Hall–Kier alpha value is -2.43. The SMILES string of the molecule is C[C@H]1CCCN(S(=O)(=O)c2ccc(C(=O)Nc3nc4c(F)cc(F)cc4s3)cc2)C1. The third-order valence-electron chi connectivity index (χ3n) is 5.01. The lowest BCUT2D eigenvalue weighted by atomic mass is 10.0. The number of carbonyl (C=O) groups excluding carboxylic acids is 1. The van der Waals surface area contributed by atoms with Gasteiger partial charge >= 0.3 is 0 Å². The van der Waals surface area contributed by atoms with Gasteiger partial charge in [-0.1, -0.05) is 18.3 Å². The van der Waals surface area contributed by atoms with E-state index in [-0.39, 0.29) is 25.8 Å². The van der Waals surface area contributed by atoms with Gasteiger partial charge in [0.05, 0.1) is 9.60 Å². The molecule has 1 aliphatic heterocycles. The average Bonchev–Trinajstić information content (AvgIpc) is 3.10. The number of nitrogens with zero attached hydrogens (tertiary/aromatic N) is 2. The second-order valence-corrected chi connectivity index (χ2v) is 10.3. The van der Waals surface area contributed by atoms with Crippen LogP contribution in [0.25, 0.3) is 10.2 Å². The molecule has 1 N–H and O–H groups in total. The number of aromatic nitrogens is 1. The number of hydrogen-bond acceptors (Lipinski definition) is 5. The molecule has 0 saturated carbocycles. The zero-order valence-corrected chi connectivity index (χ0v) is 17.7. The first-order chi connectivity index (χ1) is 14.2. The van der Waals surface area contributed by atoms with E-state index in [0.717, 1.165) is 36.3 Å². The van der Waals surface area contributed by atoms with E-state index in [1.54, 1.807) is 0 Å². The average molecular weight is 452 g/mol. The summed E-state index contributed by atoms with van der Waals surface area (Å²) in [5, 5.41) is 2.66. The van der Waals surface area contributed by atoms with Gasteiger partial charge in [-0.25, -0.2) is 22.2 Å². The van der Waals surface area contributed by atoms with E-state index in [4.69, 9.17) is 0 Å². The summed E-state index contributed by atoms with van der Waals surface area (Å²) in [5.41, 5.74) is 0.209. The molecule has 158 valence electrons. The molecule has 3 aromatic rings. The predicted octanol–water partition coefficient (Wildman–Crippen LogP) is 4.25. The third-order valence-corrected chi connectivity index (χ3v) is 7.80. The normalized spacial score (nSPS) is 17.9. The molecule has 4 rings (SSSR count). The van der Waals surface area contributed by atoms with Gasteiger partial charge in [-0.15, -0.1) is 0 Å². The Kier molecular flexibility index (Phi) is 5.56. The van der Waals surface area contributed by atoms with Crippen LogP contribution < -0.4 is 5.32 Å². The summed E-state index contributed by atoms with van der Waals surface area (Å²) in [6.07, 6.45) is 1.83. The summed E-state index contributed by atoms with van der Waals surface area (Å²) in [6.45, 7) is 3.00. The molecule has 2 aromatic carbocycles. The zero-order valence-electron chi connectivity index (χ0n) is 16.1. The largest absolute Gasteiger partial charge is 0.298 e. The van der Waals surface area contributed by atoms with Gasteiger partial charge in [0.2, 0.25) is 10.0 Å². The van der Waals surface area contributed by atoms with Gasteiger partial charge < -0.3 is 0 Å². The fraction of sp³-hybridized carbons (Fsp3) is 0.300.